The van der Waals surface area contributed by atoms with E-state index in [0.717, 1.165) is 30.4 Å². The lowest BCUT2D eigenvalue weighted by molar-refractivity contribution is 0.0794. The molecule has 1 heterocycles. The van der Waals surface area contributed by atoms with Crippen LogP contribution >= 0.6 is 39.1 Å². The molecule has 0 aliphatic carbocycles. The van der Waals surface area contributed by atoms with Crippen LogP contribution in [-0.4, -0.2) is 29.8 Å². The summed E-state index contributed by atoms with van der Waals surface area (Å²) in [5.41, 5.74) is 1.12. The quantitative estimate of drug-likeness (QED) is 0.707. The van der Waals surface area contributed by atoms with Gasteiger partial charge in [-0.3, -0.25) is 9.59 Å². The fourth-order valence-corrected chi connectivity index (χ4v) is 3.49. The van der Waals surface area contributed by atoms with Gasteiger partial charge in [0, 0.05) is 22.6 Å². The Labute approximate surface area is 164 Å². The summed E-state index contributed by atoms with van der Waals surface area (Å²) in [4.78, 5) is 27.1. The first kappa shape index (κ1) is 18.2. The molecule has 25 heavy (non-hydrogen) atoms. The van der Waals surface area contributed by atoms with Crippen molar-refractivity contribution in [2.24, 2.45) is 0 Å². The van der Waals surface area contributed by atoms with Crippen molar-refractivity contribution in [1.29, 1.82) is 0 Å². The van der Waals surface area contributed by atoms with Crippen molar-refractivity contribution in [1.82, 2.24) is 4.90 Å². The van der Waals surface area contributed by atoms with Gasteiger partial charge in [-0.2, -0.15) is 0 Å². The van der Waals surface area contributed by atoms with E-state index < -0.39 is 5.91 Å². The van der Waals surface area contributed by atoms with Crippen LogP contribution in [0.2, 0.25) is 10.0 Å². The predicted octanol–water partition coefficient (Wildman–Crippen LogP) is 5.24. The van der Waals surface area contributed by atoms with E-state index in [1.165, 1.54) is 0 Å². The maximum atomic E-state index is 12.7. The Balaban J connectivity index is 1.91. The second kappa shape index (κ2) is 7.77. The lowest BCUT2D eigenvalue weighted by Crippen LogP contribution is -2.28. The Morgan fingerprint density at radius 2 is 1.72 bits per heavy atom. The van der Waals surface area contributed by atoms with Crippen molar-refractivity contribution in [2.45, 2.75) is 12.8 Å². The van der Waals surface area contributed by atoms with Crippen molar-refractivity contribution >= 4 is 56.6 Å². The summed E-state index contributed by atoms with van der Waals surface area (Å²) in [7, 11) is 0. The number of hydrogen-bond acceptors (Lipinski definition) is 2. The molecule has 3 rings (SSSR count). The number of halogens is 3. The van der Waals surface area contributed by atoms with Crippen LogP contribution in [0.3, 0.4) is 0 Å². The molecule has 2 aromatic rings. The zero-order chi connectivity index (χ0) is 18.0. The van der Waals surface area contributed by atoms with Crippen LogP contribution in [0.25, 0.3) is 0 Å². The van der Waals surface area contributed by atoms with E-state index in [-0.39, 0.29) is 5.91 Å². The second-order valence-corrected chi connectivity index (χ2v) is 7.53. The number of anilines is 1. The van der Waals surface area contributed by atoms with Crippen LogP contribution in [-0.2, 0) is 0 Å². The van der Waals surface area contributed by atoms with Crippen molar-refractivity contribution in [3.63, 3.8) is 0 Å². The summed E-state index contributed by atoms with van der Waals surface area (Å²) < 4.78 is 0.738. The number of nitrogens with zero attached hydrogens (tertiary/aromatic N) is 1. The van der Waals surface area contributed by atoms with E-state index in [0.29, 0.717) is 26.9 Å². The van der Waals surface area contributed by atoms with Gasteiger partial charge in [0.1, 0.15) is 0 Å². The van der Waals surface area contributed by atoms with Crippen molar-refractivity contribution in [3.05, 3.63) is 62.0 Å². The average molecular weight is 442 g/mol. The Bertz CT molecular complexity index is 836. The molecule has 1 aliphatic heterocycles. The summed E-state index contributed by atoms with van der Waals surface area (Å²) >= 11 is 15.5. The lowest BCUT2D eigenvalue weighted by atomic mass is 10.1. The molecule has 1 saturated heterocycles. The highest BCUT2D eigenvalue weighted by molar-refractivity contribution is 9.10. The zero-order valence-corrected chi connectivity index (χ0v) is 16.3. The zero-order valence-electron chi connectivity index (χ0n) is 13.2. The predicted molar refractivity (Wildman–Crippen MR) is 104 cm³/mol. The van der Waals surface area contributed by atoms with Gasteiger partial charge in [-0.25, -0.2) is 0 Å². The summed E-state index contributed by atoms with van der Waals surface area (Å²) in [5.74, 6) is -0.506. The van der Waals surface area contributed by atoms with Crippen LogP contribution in [0.1, 0.15) is 33.6 Å². The van der Waals surface area contributed by atoms with Crippen LogP contribution in [0.15, 0.2) is 40.9 Å². The monoisotopic (exact) mass is 440 g/mol. The highest BCUT2D eigenvalue weighted by Gasteiger charge is 2.23. The van der Waals surface area contributed by atoms with Crippen LogP contribution in [0.4, 0.5) is 5.69 Å². The van der Waals surface area contributed by atoms with E-state index >= 15 is 0 Å². The largest absolute Gasteiger partial charge is 0.339 e. The normalized spacial score (nSPS) is 13.8. The molecule has 4 nitrogen and oxygen atoms in total. The Kier molecular flexibility index (Phi) is 5.67. The molecule has 1 N–H and O–H groups in total. The van der Waals surface area contributed by atoms with Gasteiger partial charge in [0.15, 0.2) is 0 Å². The Morgan fingerprint density at radius 3 is 2.44 bits per heavy atom. The molecule has 7 heteroatoms. The highest BCUT2D eigenvalue weighted by atomic mass is 79.9. The molecule has 2 aromatic carbocycles. The number of amides is 2. The summed E-state index contributed by atoms with van der Waals surface area (Å²) in [6.07, 6.45) is 1.99. The minimum absolute atomic E-state index is 0.107. The van der Waals surface area contributed by atoms with Crippen LogP contribution in [0, 0.1) is 0 Å². The number of nitrogens with one attached hydrogen (secondary N) is 1. The highest BCUT2D eigenvalue weighted by Crippen LogP contribution is 2.27. The maximum absolute atomic E-state index is 12.7. The van der Waals surface area contributed by atoms with Gasteiger partial charge in [0.05, 0.1) is 21.8 Å². The Morgan fingerprint density at radius 1 is 1.00 bits per heavy atom. The molecule has 0 unspecified atom stereocenters. The summed E-state index contributed by atoms with van der Waals surface area (Å²) in [5, 5.41) is 3.53. The minimum atomic E-state index is -0.399. The van der Waals surface area contributed by atoms with Crippen molar-refractivity contribution in [3.8, 4) is 0 Å². The number of rotatable bonds is 3. The van der Waals surface area contributed by atoms with Gasteiger partial charge in [0.2, 0.25) is 0 Å². The third kappa shape index (κ3) is 4.17. The van der Waals surface area contributed by atoms with E-state index in [2.05, 4.69) is 21.2 Å². The standard InChI is InChI=1S/C18H15BrCl2N2O2/c19-11-3-6-15(21)14(9-11)17(24)22-16-10-12(20)4-5-13(16)18(25)23-7-1-2-8-23/h3-6,9-10H,1-2,7-8H2,(H,22,24). The van der Waals surface area contributed by atoms with Crippen LogP contribution in [0.5, 0.6) is 0 Å². The van der Waals surface area contributed by atoms with E-state index in [4.69, 9.17) is 23.2 Å². The molecular weight excluding hydrogens is 427 g/mol. The van der Waals surface area contributed by atoms with Crippen LogP contribution < -0.4 is 5.32 Å². The van der Waals surface area contributed by atoms with Gasteiger partial charge < -0.3 is 10.2 Å². The first-order chi connectivity index (χ1) is 12.0. The van der Waals surface area contributed by atoms with E-state index in [9.17, 15) is 9.59 Å². The fourth-order valence-electron chi connectivity index (χ4n) is 2.76. The molecule has 0 saturated carbocycles. The van der Waals surface area contributed by atoms with Gasteiger partial charge >= 0.3 is 0 Å². The smallest absolute Gasteiger partial charge is 0.257 e. The first-order valence-corrected chi connectivity index (χ1v) is 9.36. The van der Waals surface area contributed by atoms with E-state index in [1.54, 1.807) is 41.3 Å². The summed E-state index contributed by atoms with van der Waals surface area (Å²) in [6, 6.07) is 9.88. The summed E-state index contributed by atoms with van der Waals surface area (Å²) in [6.45, 7) is 1.46. The number of carbonyl (C=O) groups is 2. The lowest BCUT2D eigenvalue weighted by Gasteiger charge is -2.18. The molecule has 1 aliphatic rings. The number of hydrogen-bond donors (Lipinski definition) is 1. The number of likely N-dealkylation sites (tertiary alicyclic amines) is 1. The van der Waals surface area contributed by atoms with E-state index in [1.807, 2.05) is 0 Å². The average Bonchev–Trinajstić information content (AvgIpc) is 3.11. The maximum Gasteiger partial charge on any atom is 0.257 e. The third-order valence-corrected chi connectivity index (χ3v) is 5.08. The molecule has 1 fully saturated rings. The molecule has 0 atom stereocenters. The topological polar surface area (TPSA) is 49.4 Å². The second-order valence-electron chi connectivity index (χ2n) is 5.77. The number of benzene rings is 2. The molecular formula is C18H15BrCl2N2O2. The van der Waals surface area contributed by atoms with Gasteiger partial charge in [0.25, 0.3) is 11.8 Å². The van der Waals surface area contributed by atoms with Crippen molar-refractivity contribution in [2.75, 3.05) is 18.4 Å². The minimum Gasteiger partial charge on any atom is -0.339 e. The van der Waals surface area contributed by atoms with Gasteiger partial charge in [-0.15, -0.1) is 0 Å². The molecule has 0 radical (unpaired) electrons. The van der Waals surface area contributed by atoms with Gasteiger partial charge in [-0.05, 0) is 49.2 Å². The fraction of sp³-hybridized carbons (Fsp3) is 0.222. The third-order valence-electron chi connectivity index (χ3n) is 4.03. The molecule has 0 bridgehead atoms. The SMILES string of the molecule is O=C(Nc1cc(Cl)ccc1C(=O)N1CCCC1)c1cc(Br)ccc1Cl. The molecule has 2 amide bonds. The first-order valence-electron chi connectivity index (χ1n) is 7.81. The molecule has 130 valence electrons. The molecule has 0 spiro atoms. The van der Waals surface area contributed by atoms with Crippen molar-refractivity contribution < 1.29 is 9.59 Å². The number of carbonyl (C=O) groups excluding carboxylic acids is 2. The van der Waals surface area contributed by atoms with Gasteiger partial charge in [-0.1, -0.05) is 39.1 Å². The molecule has 0 aromatic heterocycles. The Hall–Kier alpha value is -1.56.